The zero-order chi connectivity index (χ0) is 25.6. The number of halogens is 1. The maximum absolute atomic E-state index is 13.7. The van der Waals surface area contributed by atoms with E-state index in [4.69, 9.17) is 11.6 Å². The van der Waals surface area contributed by atoms with Crippen molar-refractivity contribution < 1.29 is 18.0 Å². The summed E-state index contributed by atoms with van der Waals surface area (Å²) in [5.74, 6) is -0.786. The lowest BCUT2D eigenvalue weighted by atomic mass is 10.1. The maximum atomic E-state index is 13.7. The lowest BCUT2D eigenvalue weighted by Crippen LogP contribution is -2.53. The average molecular weight is 508 g/mol. The van der Waals surface area contributed by atoms with Crippen LogP contribution in [0.15, 0.2) is 42.5 Å². The van der Waals surface area contributed by atoms with Gasteiger partial charge in [-0.25, -0.2) is 8.42 Å². The minimum absolute atomic E-state index is 0.0764. The van der Waals surface area contributed by atoms with Crippen LogP contribution in [0.25, 0.3) is 0 Å². The monoisotopic (exact) mass is 507 g/mol. The summed E-state index contributed by atoms with van der Waals surface area (Å²) in [4.78, 5) is 28.1. The third kappa shape index (κ3) is 7.21. The molecule has 2 rings (SSSR count). The van der Waals surface area contributed by atoms with Gasteiger partial charge in [0.05, 0.1) is 11.9 Å². The molecule has 0 fully saturated rings. The van der Waals surface area contributed by atoms with Crippen molar-refractivity contribution in [1.82, 2.24) is 10.2 Å². The third-order valence-electron chi connectivity index (χ3n) is 5.42. The van der Waals surface area contributed by atoms with Crippen molar-refractivity contribution in [3.05, 3.63) is 64.2 Å². The number of nitrogens with zero attached hydrogens (tertiary/aromatic N) is 2. The predicted octanol–water partition coefficient (Wildman–Crippen LogP) is 4.05. The van der Waals surface area contributed by atoms with Crippen LogP contribution in [0.3, 0.4) is 0 Å². The summed E-state index contributed by atoms with van der Waals surface area (Å²) in [5.41, 5.74) is 2.82. The molecule has 0 bridgehead atoms. The quantitative estimate of drug-likeness (QED) is 0.525. The van der Waals surface area contributed by atoms with Crippen molar-refractivity contribution in [2.75, 3.05) is 17.1 Å². The molecule has 186 valence electrons. The Balaban J connectivity index is 2.49. The van der Waals surface area contributed by atoms with E-state index in [1.165, 1.54) is 4.90 Å². The molecule has 0 aliphatic carbocycles. The second-order valence-electron chi connectivity index (χ2n) is 8.76. The lowest BCUT2D eigenvalue weighted by molar-refractivity contribution is -0.140. The van der Waals surface area contributed by atoms with Crippen LogP contribution in [0.5, 0.6) is 0 Å². The maximum Gasteiger partial charge on any atom is 0.244 e. The second-order valence-corrected chi connectivity index (χ2v) is 11.1. The number of carbonyl (C=O) groups excluding carboxylic acids is 2. The van der Waals surface area contributed by atoms with E-state index in [0.29, 0.717) is 22.7 Å². The summed E-state index contributed by atoms with van der Waals surface area (Å²) in [6.45, 7) is 8.86. The number of amides is 2. The Kier molecular flexibility index (Phi) is 9.53. The van der Waals surface area contributed by atoms with Gasteiger partial charge in [0, 0.05) is 17.6 Å². The van der Waals surface area contributed by atoms with Gasteiger partial charge in [0.1, 0.15) is 12.6 Å². The van der Waals surface area contributed by atoms with Crippen molar-refractivity contribution in [3.63, 3.8) is 0 Å². The van der Waals surface area contributed by atoms with E-state index >= 15 is 0 Å². The fourth-order valence-corrected chi connectivity index (χ4v) is 4.89. The van der Waals surface area contributed by atoms with Crippen LogP contribution in [0.1, 0.15) is 43.9 Å². The van der Waals surface area contributed by atoms with Gasteiger partial charge < -0.3 is 10.2 Å². The molecule has 34 heavy (non-hydrogen) atoms. The number of anilines is 1. The van der Waals surface area contributed by atoms with Crippen molar-refractivity contribution in [2.24, 2.45) is 0 Å². The van der Waals surface area contributed by atoms with Crippen LogP contribution in [-0.4, -0.2) is 50.0 Å². The normalized spacial score (nSPS) is 12.4. The van der Waals surface area contributed by atoms with Crippen LogP contribution in [0, 0.1) is 13.8 Å². The largest absolute Gasteiger partial charge is 0.352 e. The minimum Gasteiger partial charge on any atom is -0.352 e. The van der Waals surface area contributed by atoms with Crippen molar-refractivity contribution in [1.29, 1.82) is 0 Å². The van der Waals surface area contributed by atoms with E-state index in [0.717, 1.165) is 21.7 Å². The van der Waals surface area contributed by atoms with E-state index < -0.39 is 28.5 Å². The molecule has 0 aromatic heterocycles. The molecule has 2 aromatic carbocycles. The number of hydrogen-bond donors (Lipinski definition) is 1. The highest BCUT2D eigenvalue weighted by Crippen LogP contribution is 2.25. The lowest BCUT2D eigenvalue weighted by Gasteiger charge is -2.33. The van der Waals surface area contributed by atoms with E-state index in [-0.39, 0.29) is 18.5 Å². The molecule has 1 atom stereocenters. The molecule has 0 saturated carbocycles. The number of benzene rings is 2. The van der Waals surface area contributed by atoms with Crippen LogP contribution in [0.2, 0.25) is 5.02 Å². The van der Waals surface area contributed by atoms with Gasteiger partial charge in [-0.2, -0.15) is 0 Å². The molecule has 1 N–H and O–H groups in total. The van der Waals surface area contributed by atoms with Crippen LogP contribution >= 0.6 is 11.6 Å². The van der Waals surface area contributed by atoms with Gasteiger partial charge in [0.15, 0.2) is 0 Å². The Morgan fingerprint density at radius 1 is 1.09 bits per heavy atom. The second kappa shape index (κ2) is 11.7. The molecule has 9 heteroatoms. The fourth-order valence-electron chi connectivity index (χ4n) is 3.79. The molecule has 0 radical (unpaired) electrons. The molecule has 0 saturated heterocycles. The Bertz CT molecular complexity index is 1130. The number of hydrogen-bond acceptors (Lipinski definition) is 4. The van der Waals surface area contributed by atoms with Crippen molar-refractivity contribution >= 4 is 39.1 Å². The highest BCUT2D eigenvalue weighted by molar-refractivity contribution is 7.92. The van der Waals surface area contributed by atoms with Gasteiger partial charge in [-0.15, -0.1) is 0 Å². The van der Waals surface area contributed by atoms with Gasteiger partial charge in [-0.05, 0) is 57.4 Å². The van der Waals surface area contributed by atoms with Gasteiger partial charge in [0.25, 0.3) is 0 Å². The van der Waals surface area contributed by atoms with E-state index in [1.54, 1.807) is 43.3 Å². The zero-order valence-corrected chi connectivity index (χ0v) is 22.2. The molecule has 2 aromatic rings. The Hall–Kier alpha value is -2.58. The van der Waals surface area contributed by atoms with E-state index in [1.807, 2.05) is 33.8 Å². The predicted molar refractivity (Wildman–Crippen MR) is 137 cm³/mol. The molecule has 2 amide bonds. The smallest absolute Gasteiger partial charge is 0.244 e. The number of rotatable bonds is 10. The van der Waals surface area contributed by atoms with Gasteiger partial charge in [-0.3, -0.25) is 13.9 Å². The first kappa shape index (κ1) is 27.7. The molecule has 7 nitrogen and oxygen atoms in total. The summed E-state index contributed by atoms with van der Waals surface area (Å²) in [6, 6.07) is 11.6. The first-order chi connectivity index (χ1) is 15.8. The standard InChI is InChI=1S/C25H34ClN3O4S/c1-7-22(25(31)27-17(2)3)28(15-20-10-8-9-11-21(20)26)24(30)16-29(34(6,32)33)23-13-12-18(4)14-19(23)5/h8-14,17,22H,7,15-16H2,1-6H3,(H,27,31)/t22-/m1/s1. The van der Waals surface area contributed by atoms with Crippen molar-refractivity contribution in [3.8, 4) is 0 Å². The molecular weight excluding hydrogens is 474 g/mol. The van der Waals surface area contributed by atoms with Crippen LogP contribution in [-0.2, 0) is 26.2 Å². The minimum atomic E-state index is -3.78. The van der Waals surface area contributed by atoms with Gasteiger partial charge in [0.2, 0.25) is 21.8 Å². The number of carbonyl (C=O) groups is 2. The molecule has 0 aliphatic rings. The third-order valence-corrected chi connectivity index (χ3v) is 6.91. The first-order valence-corrected chi connectivity index (χ1v) is 13.5. The molecule has 0 spiro atoms. The summed E-state index contributed by atoms with van der Waals surface area (Å²) in [5, 5.41) is 3.33. The summed E-state index contributed by atoms with van der Waals surface area (Å²) < 4.78 is 26.5. The van der Waals surface area contributed by atoms with Gasteiger partial charge in [-0.1, -0.05) is 54.4 Å². The molecular formula is C25H34ClN3O4S. The molecule has 0 unspecified atom stereocenters. The number of nitrogens with one attached hydrogen (secondary N) is 1. The summed E-state index contributed by atoms with van der Waals surface area (Å²) in [7, 11) is -3.78. The Labute approximate surface area is 208 Å². The summed E-state index contributed by atoms with van der Waals surface area (Å²) in [6.07, 6.45) is 1.43. The topological polar surface area (TPSA) is 86.8 Å². The van der Waals surface area contributed by atoms with Gasteiger partial charge >= 0.3 is 0 Å². The first-order valence-electron chi connectivity index (χ1n) is 11.2. The zero-order valence-electron chi connectivity index (χ0n) is 20.6. The summed E-state index contributed by atoms with van der Waals surface area (Å²) >= 11 is 6.35. The van der Waals surface area contributed by atoms with Crippen LogP contribution in [0.4, 0.5) is 5.69 Å². The van der Waals surface area contributed by atoms with Crippen molar-refractivity contribution in [2.45, 2.75) is 59.7 Å². The van der Waals surface area contributed by atoms with E-state index in [2.05, 4.69) is 5.32 Å². The van der Waals surface area contributed by atoms with E-state index in [9.17, 15) is 18.0 Å². The Morgan fingerprint density at radius 2 is 1.74 bits per heavy atom. The number of sulfonamides is 1. The molecule has 0 aliphatic heterocycles. The number of aryl methyl sites for hydroxylation is 2. The highest BCUT2D eigenvalue weighted by Gasteiger charge is 2.32. The average Bonchev–Trinajstić information content (AvgIpc) is 2.72. The fraction of sp³-hybridized carbons (Fsp3) is 0.440. The molecule has 0 heterocycles. The Morgan fingerprint density at radius 3 is 2.26 bits per heavy atom. The SMILES string of the molecule is CC[C@H](C(=O)NC(C)C)N(Cc1ccccc1Cl)C(=O)CN(c1ccc(C)cc1C)S(C)(=O)=O. The highest BCUT2D eigenvalue weighted by atomic mass is 35.5. The van der Waals surface area contributed by atoms with Crippen LogP contribution < -0.4 is 9.62 Å².